The molecule has 0 unspecified atom stereocenters. The maximum atomic E-state index is 12.5. The van der Waals surface area contributed by atoms with E-state index in [0.29, 0.717) is 16.9 Å². The number of nitrogens with two attached hydrogens (primary N) is 1. The lowest BCUT2D eigenvalue weighted by Gasteiger charge is -2.15. The number of rotatable bonds is 6. The summed E-state index contributed by atoms with van der Waals surface area (Å²) in [6, 6.07) is 4.80. The van der Waals surface area contributed by atoms with Crippen molar-refractivity contribution in [1.82, 2.24) is 0 Å². The van der Waals surface area contributed by atoms with Gasteiger partial charge in [-0.15, -0.1) is 0 Å². The second-order valence-corrected chi connectivity index (χ2v) is 4.12. The van der Waals surface area contributed by atoms with Crippen LogP contribution in [0.25, 0.3) is 0 Å². The van der Waals surface area contributed by atoms with Crippen molar-refractivity contribution in [1.29, 1.82) is 0 Å². The number of ether oxygens (including phenoxy) is 1. The van der Waals surface area contributed by atoms with Gasteiger partial charge in [-0.1, -0.05) is 6.07 Å². The SMILES string of the molecule is Cc1c(N)cccc1NC(=O)COCC(F)(F)C(F)F. The third-order valence-corrected chi connectivity index (χ3v) is 2.50. The van der Waals surface area contributed by atoms with E-state index >= 15 is 0 Å². The van der Waals surface area contributed by atoms with Gasteiger partial charge >= 0.3 is 12.3 Å². The molecule has 0 aromatic heterocycles. The molecule has 4 nitrogen and oxygen atoms in total. The molecule has 0 aliphatic carbocycles. The van der Waals surface area contributed by atoms with E-state index in [4.69, 9.17) is 5.73 Å². The minimum atomic E-state index is -4.27. The number of benzene rings is 1. The molecular weight excluding hydrogens is 280 g/mol. The first-order valence-electron chi connectivity index (χ1n) is 5.62. The first kappa shape index (κ1) is 16.2. The highest BCUT2D eigenvalue weighted by Gasteiger charge is 2.41. The number of alkyl halides is 4. The van der Waals surface area contributed by atoms with Gasteiger partial charge in [-0.05, 0) is 24.6 Å². The van der Waals surface area contributed by atoms with Gasteiger partial charge in [-0.3, -0.25) is 4.79 Å². The van der Waals surface area contributed by atoms with Crippen LogP contribution in [0.15, 0.2) is 18.2 Å². The molecule has 0 radical (unpaired) electrons. The quantitative estimate of drug-likeness (QED) is 0.625. The Bertz CT molecular complexity index is 481. The molecule has 0 atom stereocenters. The number of hydrogen-bond donors (Lipinski definition) is 2. The average molecular weight is 294 g/mol. The highest BCUT2D eigenvalue weighted by atomic mass is 19.3. The Balaban J connectivity index is 2.47. The van der Waals surface area contributed by atoms with Gasteiger partial charge in [0.1, 0.15) is 13.2 Å². The smallest absolute Gasteiger partial charge is 0.330 e. The molecule has 0 saturated heterocycles. The van der Waals surface area contributed by atoms with Crippen LogP contribution >= 0.6 is 0 Å². The minimum Gasteiger partial charge on any atom is -0.398 e. The van der Waals surface area contributed by atoms with Crippen LogP contribution in [0.4, 0.5) is 28.9 Å². The Labute approximate surface area is 112 Å². The molecule has 0 aliphatic rings. The van der Waals surface area contributed by atoms with E-state index in [1.807, 2.05) is 0 Å². The maximum Gasteiger partial charge on any atom is 0.330 e. The minimum absolute atomic E-state index is 0.402. The van der Waals surface area contributed by atoms with Crippen molar-refractivity contribution in [2.75, 3.05) is 24.3 Å². The molecule has 8 heteroatoms. The fourth-order valence-corrected chi connectivity index (χ4v) is 1.32. The van der Waals surface area contributed by atoms with Crippen LogP contribution in [-0.4, -0.2) is 31.5 Å². The molecule has 0 spiro atoms. The predicted molar refractivity (Wildman–Crippen MR) is 66.0 cm³/mol. The van der Waals surface area contributed by atoms with Gasteiger partial charge in [0.05, 0.1) is 0 Å². The molecular formula is C12H14F4N2O2. The fraction of sp³-hybridized carbons (Fsp3) is 0.417. The predicted octanol–water partition coefficient (Wildman–Crippen LogP) is 2.43. The molecule has 20 heavy (non-hydrogen) atoms. The Kier molecular flexibility index (Phi) is 5.32. The van der Waals surface area contributed by atoms with Gasteiger partial charge in [0.25, 0.3) is 0 Å². The zero-order valence-electron chi connectivity index (χ0n) is 10.6. The lowest BCUT2D eigenvalue weighted by molar-refractivity contribution is -0.167. The number of carbonyl (C=O) groups is 1. The van der Waals surface area contributed by atoms with Crippen LogP contribution in [0.3, 0.4) is 0 Å². The van der Waals surface area contributed by atoms with Crippen molar-refractivity contribution in [3.63, 3.8) is 0 Å². The van der Waals surface area contributed by atoms with Crippen LogP contribution in [0.5, 0.6) is 0 Å². The molecule has 1 aromatic carbocycles. The second kappa shape index (κ2) is 6.56. The fourth-order valence-electron chi connectivity index (χ4n) is 1.32. The molecule has 0 saturated carbocycles. The molecule has 0 aliphatic heterocycles. The summed E-state index contributed by atoms with van der Waals surface area (Å²) in [5, 5.41) is 2.39. The normalized spacial score (nSPS) is 11.7. The van der Waals surface area contributed by atoms with Gasteiger partial charge in [-0.2, -0.15) is 8.78 Å². The Morgan fingerprint density at radius 3 is 2.70 bits per heavy atom. The zero-order chi connectivity index (χ0) is 15.3. The van der Waals surface area contributed by atoms with E-state index in [2.05, 4.69) is 10.1 Å². The van der Waals surface area contributed by atoms with E-state index in [1.54, 1.807) is 25.1 Å². The average Bonchev–Trinajstić information content (AvgIpc) is 2.34. The van der Waals surface area contributed by atoms with Crippen molar-refractivity contribution >= 4 is 17.3 Å². The van der Waals surface area contributed by atoms with Gasteiger partial charge in [0, 0.05) is 11.4 Å². The van der Waals surface area contributed by atoms with Gasteiger partial charge in [0.2, 0.25) is 5.91 Å². The zero-order valence-corrected chi connectivity index (χ0v) is 10.6. The Hall–Kier alpha value is -1.83. The highest BCUT2D eigenvalue weighted by molar-refractivity contribution is 5.93. The van der Waals surface area contributed by atoms with E-state index < -0.39 is 31.5 Å². The highest BCUT2D eigenvalue weighted by Crippen LogP contribution is 2.23. The number of halogens is 4. The molecule has 0 fully saturated rings. The molecule has 112 valence electrons. The summed E-state index contributed by atoms with van der Waals surface area (Å²) >= 11 is 0. The topological polar surface area (TPSA) is 64.3 Å². The van der Waals surface area contributed by atoms with Gasteiger partial charge in [-0.25, -0.2) is 8.78 Å². The first-order chi connectivity index (χ1) is 9.24. The summed E-state index contributed by atoms with van der Waals surface area (Å²) in [6.07, 6.45) is -3.83. The van der Waals surface area contributed by atoms with E-state index in [0.717, 1.165) is 0 Å². The number of nitrogen functional groups attached to an aromatic ring is 1. The van der Waals surface area contributed by atoms with Gasteiger partial charge < -0.3 is 15.8 Å². The summed E-state index contributed by atoms with van der Waals surface area (Å²) in [5.74, 6) is -5.00. The van der Waals surface area contributed by atoms with Crippen molar-refractivity contribution < 1.29 is 27.1 Å². The third-order valence-electron chi connectivity index (χ3n) is 2.50. The van der Waals surface area contributed by atoms with Crippen LogP contribution in [0.2, 0.25) is 0 Å². The van der Waals surface area contributed by atoms with Crippen molar-refractivity contribution in [3.05, 3.63) is 23.8 Å². The van der Waals surface area contributed by atoms with E-state index in [1.165, 1.54) is 0 Å². The molecule has 1 rings (SSSR count). The first-order valence-corrected chi connectivity index (χ1v) is 5.62. The summed E-state index contributed by atoms with van der Waals surface area (Å²) < 4.78 is 53.0. The van der Waals surface area contributed by atoms with Crippen molar-refractivity contribution in [2.24, 2.45) is 0 Å². The van der Waals surface area contributed by atoms with Crippen molar-refractivity contribution in [3.8, 4) is 0 Å². The maximum absolute atomic E-state index is 12.5. The second-order valence-electron chi connectivity index (χ2n) is 4.12. The number of anilines is 2. The van der Waals surface area contributed by atoms with Gasteiger partial charge in [0.15, 0.2) is 0 Å². The summed E-state index contributed by atoms with van der Waals surface area (Å²) in [4.78, 5) is 11.4. The molecule has 0 heterocycles. The molecule has 0 bridgehead atoms. The number of nitrogens with one attached hydrogen (secondary N) is 1. The third kappa shape index (κ3) is 4.37. The summed E-state index contributed by atoms with van der Waals surface area (Å²) in [7, 11) is 0. The van der Waals surface area contributed by atoms with Crippen LogP contribution in [-0.2, 0) is 9.53 Å². The summed E-state index contributed by atoms with van der Waals surface area (Å²) in [5.41, 5.74) is 7.09. The van der Waals surface area contributed by atoms with E-state index in [9.17, 15) is 22.4 Å². The number of amides is 1. The Morgan fingerprint density at radius 1 is 1.45 bits per heavy atom. The lowest BCUT2D eigenvalue weighted by Crippen LogP contribution is -2.34. The van der Waals surface area contributed by atoms with Crippen LogP contribution in [0, 0.1) is 6.92 Å². The molecule has 3 N–H and O–H groups in total. The standard InChI is InChI=1S/C12H14F4N2O2/c1-7-8(17)3-2-4-9(7)18-10(19)5-20-6-12(15,16)11(13)14/h2-4,11H,5-6,17H2,1H3,(H,18,19). The number of hydrogen-bond acceptors (Lipinski definition) is 3. The van der Waals surface area contributed by atoms with Crippen molar-refractivity contribution in [2.45, 2.75) is 19.3 Å². The summed E-state index contributed by atoms with van der Waals surface area (Å²) in [6.45, 7) is -0.610. The Morgan fingerprint density at radius 2 is 2.10 bits per heavy atom. The largest absolute Gasteiger partial charge is 0.398 e. The molecule has 1 amide bonds. The molecule has 1 aromatic rings. The number of carbonyl (C=O) groups excluding carboxylic acids is 1. The monoisotopic (exact) mass is 294 g/mol. The van der Waals surface area contributed by atoms with Crippen LogP contribution < -0.4 is 11.1 Å². The van der Waals surface area contributed by atoms with Crippen LogP contribution in [0.1, 0.15) is 5.56 Å². The lowest BCUT2D eigenvalue weighted by atomic mass is 10.1. The van der Waals surface area contributed by atoms with E-state index in [-0.39, 0.29) is 0 Å².